The molecular weight excluding hydrogens is 336 g/mol. The molecule has 0 unspecified atom stereocenters. The number of halogens is 2. The average molecular weight is 358 g/mol. The van der Waals surface area contributed by atoms with Gasteiger partial charge < -0.3 is 10.2 Å². The Hall–Kier alpha value is -0.250. The van der Waals surface area contributed by atoms with Crippen LogP contribution in [0.5, 0.6) is 0 Å². The second kappa shape index (κ2) is 6.25. The van der Waals surface area contributed by atoms with Crippen molar-refractivity contribution < 1.29 is 0 Å². The van der Waals surface area contributed by atoms with Crippen LogP contribution >= 0.6 is 27.5 Å². The Balaban J connectivity index is 1.86. The third kappa shape index (κ3) is 3.15. The topological polar surface area (TPSA) is 15.3 Å². The largest absolute Gasteiger partial charge is 0.369 e. The lowest BCUT2D eigenvalue weighted by Crippen LogP contribution is -2.52. The molecule has 3 rings (SSSR count). The summed E-state index contributed by atoms with van der Waals surface area (Å²) in [6, 6.07) is 6.10. The second-order valence-electron chi connectivity index (χ2n) is 6.14. The first-order chi connectivity index (χ1) is 9.69. The lowest BCUT2D eigenvalue weighted by Gasteiger charge is -2.40. The van der Waals surface area contributed by atoms with Crippen molar-refractivity contribution in [2.75, 3.05) is 24.5 Å². The smallest absolute Gasteiger partial charge is 0.0526 e. The van der Waals surface area contributed by atoms with Gasteiger partial charge in [-0.25, -0.2) is 0 Å². The molecule has 1 spiro atoms. The molecule has 0 radical (unpaired) electrons. The highest BCUT2D eigenvalue weighted by Crippen LogP contribution is 2.35. The van der Waals surface area contributed by atoms with Crippen LogP contribution in [0.1, 0.15) is 38.5 Å². The van der Waals surface area contributed by atoms with E-state index in [1.807, 2.05) is 6.07 Å². The van der Waals surface area contributed by atoms with Crippen molar-refractivity contribution in [1.82, 2.24) is 5.32 Å². The lowest BCUT2D eigenvalue weighted by molar-refractivity contribution is 0.246. The van der Waals surface area contributed by atoms with Gasteiger partial charge in [0, 0.05) is 28.1 Å². The molecule has 1 aromatic carbocycles. The van der Waals surface area contributed by atoms with Gasteiger partial charge in [0.2, 0.25) is 0 Å². The van der Waals surface area contributed by atoms with Crippen LogP contribution in [-0.2, 0) is 0 Å². The van der Waals surface area contributed by atoms with E-state index in [-0.39, 0.29) is 0 Å². The molecule has 0 bridgehead atoms. The summed E-state index contributed by atoms with van der Waals surface area (Å²) in [5.74, 6) is 0. The zero-order valence-corrected chi connectivity index (χ0v) is 14.1. The van der Waals surface area contributed by atoms with Crippen molar-refractivity contribution in [3.63, 3.8) is 0 Å². The second-order valence-corrected chi connectivity index (χ2v) is 7.43. The molecule has 110 valence electrons. The van der Waals surface area contributed by atoms with E-state index in [4.69, 9.17) is 11.6 Å². The van der Waals surface area contributed by atoms with Crippen molar-refractivity contribution in [2.45, 2.75) is 44.1 Å². The zero-order chi connectivity index (χ0) is 14.0. The molecule has 0 amide bonds. The number of nitrogens with zero attached hydrogens (tertiary/aromatic N) is 1. The van der Waals surface area contributed by atoms with Gasteiger partial charge in [0.25, 0.3) is 0 Å². The Labute approximate surface area is 135 Å². The first-order valence-electron chi connectivity index (χ1n) is 7.64. The third-order valence-electron chi connectivity index (χ3n) is 4.66. The Bertz CT molecular complexity index is 472. The van der Waals surface area contributed by atoms with Crippen LogP contribution in [0.25, 0.3) is 0 Å². The number of hydrogen-bond donors (Lipinski definition) is 1. The Morgan fingerprint density at radius 2 is 1.95 bits per heavy atom. The maximum absolute atomic E-state index is 6.19. The van der Waals surface area contributed by atoms with Gasteiger partial charge in [-0.2, -0.15) is 0 Å². The summed E-state index contributed by atoms with van der Waals surface area (Å²) in [4.78, 5) is 2.52. The van der Waals surface area contributed by atoms with Crippen LogP contribution in [-0.4, -0.2) is 25.2 Å². The van der Waals surface area contributed by atoms with E-state index in [0.717, 1.165) is 29.1 Å². The SMILES string of the molecule is Clc1ccc(Br)c(N2CCCNC3(CCCCC3)C2)c1. The normalized spacial score (nSPS) is 22.8. The minimum absolute atomic E-state index is 0.316. The number of anilines is 1. The van der Waals surface area contributed by atoms with Crippen LogP contribution < -0.4 is 10.2 Å². The standard InChI is InChI=1S/C16H22BrClN2/c17-14-6-5-13(18)11-15(14)20-10-4-9-19-16(12-20)7-2-1-3-8-16/h5-6,11,19H,1-4,7-10,12H2. The molecule has 1 saturated carbocycles. The third-order valence-corrected chi connectivity index (χ3v) is 5.56. The molecule has 1 saturated heterocycles. The number of nitrogens with one attached hydrogen (secondary N) is 1. The highest BCUT2D eigenvalue weighted by molar-refractivity contribution is 9.10. The van der Waals surface area contributed by atoms with E-state index in [1.165, 1.54) is 44.2 Å². The molecule has 4 heteroatoms. The van der Waals surface area contributed by atoms with E-state index in [9.17, 15) is 0 Å². The molecule has 1 heterocycles. The summed E-state index contributed by atoms with van der Waals surface area (Å²) in [6.45, 7) is 3.34. The maximum Gasteiger partial charge on any atom is 0.0526 e. The average Bonchev–Trinajstić information content (AvgIpc) is 2.65. The lowest BCUT2D eigenvalue weighted by atomic mass is 9.81. The molecule has 1 aliphatic heterocycles. The molecule has 20 heavy (non-hydrogen) atoms. The fourth-order valence-corrected chi connectivity index (χ4v) is 4.28. The molecule has 2 aliphatic rings. The summed E-state index contributed by atoms with van der Waals surface area (Å²) >= 11 is 9.87. The first-order valence-corrected chi connectivity index (χ1v) is 8.81. The predicted molar refractivity (Wildman–Crippen MR) is 89.8 cm³/mol. The van der Waals surface area contributed by atoms with Gasteiger partial charge in [-0.1, -0.05) is 30.9 Å². The van der Waals surface area contributed by atoms with E-state index in [2.05, 4.69) is 38.3 Å². The van der Waals surface area contributed by atoms with E-state index in [1.54, 1.807) is 0 Å². The van der Waals surface area contributed by atoms with Crippen molar-refractivity contribution in [2.24, 2.45) is 0 Å². The minimum atomic E-state index is 0.316. The number of hydrogen-bond acceptors (Lipinski definition) is 2. The molecule has 0 aromatic heterocycles. The van der Waals surface area contributed by atoms with E-state index in [0.29, 0.717) is 5.54 Å². The van der Waals surface area contributed by atoms with E-state index < -0.39 is 0 Å². The monoisotopic (exact) mass is 356 g/mol. The Kier molecular flexibility index (Phi) is 4.58. The highest BCUT2D eigenvalue weighted by atomic mass is 79.9. The molecule has 0 atom stereocenters. The molecule has 2 fully saturated rings. The molecule has 1 N–H and O–H groups in total. The Morgan fingerprint density at radius 3 is 2.75 bits per heavy atom. The van der Waals surface area contributed by atoms with Gasteiger partial charge >= 0.3 is 0 Å². The Morgan fingerprint density at radius 1 is 1.15 bits per heavy atom. The maximum atomic E-state index is 6.19. The fourth-order valence-electron chi connectivity index (χ4n) is 3.62. The molecule has 2 nitrogen and oxygen atoms in total. The fraction of sp³-hybridized carbons (Fsp3) is 0.625. The molecular formula is C16H22BrClN2. The summed E-state index contributed by atoms with van der Waals surface area (Å²) in [5, 5.41) is 4.66. The first kappa shape index (κ1) is 14.7. The van der Waals surface area contributed by atoms with Crippen molar-refractivity contribution in [1.29, 1.82) is 0 Å². The molecule has 1 aromatic rings. The van der Waals surface area contributed by atoms with Gasteiger partial charge in [0.15, 0.2) is 0 Å². The summed E-state index contributed by atoms with van der Waals surface area (Å²) in [7, 11) is 0. The quantitative estimate of drug-likeness (QED) is 0.790. The number of benzene rings is 1. The van der Waals surface area contributed by atoms with Gasteiger partial charge in [-0.05, 0) is 59.9 Å². The van der Waals surface area contributed by atoms with Crippen LogP contribution in [0.3, 0.4) is 0 Å². The van der Waals surface area contributed by atoms with Crippen molar-refractivity contribution in [3.8, 4) is 0 Å². The molecule has 1 aliphatic carbocycles. The van der Waals surface area contributed by atoms with Crippen LogP contribution in [0.2, 0.25) is 5.02 Å². The van der Waals surface area contributed by atoms with Crippen molar-refractivity contribution >= 4 is 33.2 Å². The van der Waals surface area contributed by atoms with Gasteiger partial charge in [0.05, 0.1) is 5.69 Å². The highest BCUT2D eigenvalue weighted by Gasteiger charge is 2.35. The summed E-state index contributed by atoms with van der Waals surface area (Å²) in [5.41, 5.74) is 1.56. The van der Waals surface area contributed by atoms with Crippen LogP contribution in [0.4, 0.5) is 5.69 Å². The van der Waals surface area contributed by atoms with Crippen LogP contribution in [0.15, 0.2) is 22.7 Å². The van der Waals surface area contributed by atoms with Crippen molar-refractivity contribution in [3.05, 3.63) is 27.7 Å². The van der Waals surface area contributed by atoms with Gasteiger partial charge in [-0.3, -0.25) is 0 Å². The predicted octanol–water partition coefficient (Wildman–Crippen LogP) is 4.61. The zero-order valence-electron chi connectivity index (χ0n) is 11.8. The van der Waals surface area contributed by atoms with Gasteiger partial charge in [-0.15, -0.1) is 0 Å². The van der Waals surface area contributed by atoms with E-state index >= 15 is 0 Å². The van der Waals surface area contributed by atoms with Crippen LogP contribution in [0, 0.1) is 0 Å². The summed E-state index contributed by atoms with van der Waals surface area (Å²) < 4.78 is 1.15. The minimum Gasteiger partial charge on any atom is -0.369 e. The number of rotatable bonds is 1. The van der Waals surface area contributed by atoms with Gasteiger partial charge in [0.1, 0.15) is 0 Å². The summed E-state index contributed by atoms with van der Waals surface area (Å²) in [6.07, 6.45) is 7.92.